The van der Waals surface area contributed by atoms with Gasteiger partial charge in [0.2, 0.25) is 0 Å². The molecule has 0 saturated heterocycles. The molecule has 0 atom stereocenters. The van der Waals surface area contributed by atoms with Crippen molar-refractivity contribution < 1.29 is 9.13 Å². The second kappa shape index (κ2) is 8.42. The first kappa shape index (κ1) is 15.5. The van der Waals surface area contributed by atoms with E-state index in [4.69, 9.17) is 4.74 Å². The van der Waals surface area contributed by atoms with Gasteiger partial charge in [-0.2, -0.15) is 0 Å². The van der Waals surface area contributed by atoms with E-state index in [9.17, 15) is 4.39 Å². The van der Waals surface area contributed by atoms with Crippen molar-refractivity contribution in [3.8, 4) is 17.6 Å². The first-order chi connectivity index (χ1) is 10.8. The Morgan fingerprint density at radius 3 is 2.73 bits per heavy atom. The number of hydrogen-bond acceptors (Lipinski definition) is 4. The molecule has 1 N–H and O–H groups in total. The van der Waals surface area contributed by atoms with E-state index in [2.05, 4.69) is 27.1 Å². The quantitative estimate of drug-likeness (QED) is 0.681. The summed E-state index contributed by atoms with van der Waals surface area (Å²) < 4.78 is 17.1. The summed E-state index contributed by atoms with van der Waals surface area (Å²) in [6.45, 7) is -0.438. The van der Waals surface area contributed by atoms with Crippen molar-refractivity contribution in [3.05, 3.63) is 48.3 Å². The third-order valence-corrected chi connectivity index (χ3v) is 2.71. The number of anilines is 1. The molecule has 0 radical (unpaired) electrons. The van der Waals surface area contributed by atoms with Crippen LogP contribution in [0.1, 0.15) is 5.69 Å². The normalized spacial score (nSPS) is 10.1. The molecule has 1 aromatic carbocycles. The molecular weight excluding hydrogens is 281 g/mol. The Hall–Kier alpha value is -2.87. The van der Waals surface area contributed by atoms with Crippen molar-refractivity contribution in [1.29, 1.82) is 0 Å². The summed E-state index contributed by atoms with van der Waals surface area (Å²) in [7, 11) is 1.84. The molecule has 0 saturated carbocycles. The summed E-state index contributed by atoms with van der Waals surface area (Å²) in [5.74, 6) is 6.35. The summed E-state index contributed by atoms with van der Waals surface area (Å²) in [5.41, 5.74) is 2.37. The second-order valence-corrected chi connectivity index (χ2v) is 4.24. The third kappa shape index (κ3) is 4.91. The molecule has 2 rings (SSSR count). The van der Waals surface area contributed by atoms with Crippen LogP contribution in [0.3, 0.4) is 0 Å². The zero-order valence-corrected chi connectivity index (χ0v) is 12.2. The fourth-order valence-corrected chi connectivity index (χ4v) is 1.61. The number of ether oxygens (including phenoxy) is 1. The Labute approximate surface area is 129 Å². The highest BCUT2D eigenvalue weighted by Gasteiger charge is 1.93. The van der Waals surface area contributed by atoms with E-state index >= 15 is 0 Å². The highest BCUT2D eigenvalue weighted by atomic mass is 19.1. The number of benzene rings is 1. The molecule has 0 aliphatic heterocycles. The minimum Gasteiger partial charge on any atom is -0.491 e. The van der Waals surface area contributed by atoms with Gasteiger partial charge in [-0.25, -0.2) is 14.4 Å². The molecule has 0 aliphatic rings. The second-order valence-electron chi connectivity index (χ2n) is 4.24. The van der Waals surface area contributed by atoms with Gasteiger partial charge in [-0.1, -0.05) is 0 Å². The lowest BCUT2D eigenvalue weighted by Gasteiger charge is -2.02. The first-order valence-corrected chi connectivity index (χ1v) is 6.78. The number of alkyl halides is 1. The van der Waals surface area contributed by atoms with E-state index in [1.54, 1.807) is 30.5 Å². The topological polar surface area (TPSA) is 46.5 Å². The van der Waals surface area contributed by atoms with Gasteiger partial charge in [0.25, 0.3) is 0 Å². The largest absolute Gasteiger partial charge is 0.491 e. The molecule has 0 fully saturated rings. The summed E-state index contributed by atoms with van der Waals surface area (Å²) in [6.07, 6.45) is 3.24. The Morgan fingerprint density at radius 2 is 2.09 bits per heavy atom. The number of hydrogen-bond donors (Lipinski definition) is 1. The van der Waals surface area contributed by atoms with E-state index in [-0.39, 0.29) is 6.61 Å². The molecule has 2 aromatic rings. The summed E-state index contributed by atoms with van der Waals surface area (Å²) in [6, 6.07) is 10.8. The smallest absolute Gasteiger partial charge is 0.123 e. The number of nitrogens with zero attached hydrogens (tertiary/aromatic N) is 2. The summed E-state index contributed by atoms with van der Waals surface area (Å²) >= 11 is 0. The number of rotatable bonds is 5. The van der Waals surface area contributed by atoms with Crippen LogP contribution in [0.2, 0.25) is 0 Å². The van der Waals surface area contributed by atoms with Gasteiger partial charge in [-0.15, -0.1) is 0 Å². The van der Waals surface area contributed by atoms with Crippen molar-refractivity contribution in [3.63, 3.8) is 0 Å². The molecule has 1 aromatic heterocycles. The van der Waals surface area contributed by atoms with Gasteiger partial charge in [-0.05, 0) is 48.2 Å². The van der Waals surface area contributed by atoms with E-state index < -0.39 is 6.67 Å². The molecule has 1 heterocycles. The van der Waals surface area contributed by atoms with Gasteiger partial charge < -0.3 is 10.1 Å². The van der Waals surface area contributed by atoms with Gasteiger partial charge in [0.05, 0.1) is 23.8 Å². The Morgan fingerprint density at radius 1 is 1.27 bits per heavy atom. The fourth-order valence-electron chi connectivity index (χ4n) is 1.61. The van der Waals surface area contributed by atoms with Gasteiger partial charge in [0.15, 0.2) is 0 Å². The SMILES string of the molecule is CNc1ccc(C#CC=Nc2ccc(OCCF)cc2)nc1. The maximum Gasteiger partial charge on any atom is 0.123 e. The Bertz CT molecular complexity index is 670. The van der Waals surface area contributed by atoms with Crippen LogP contribution >= 0.6 is 0 Å². The van der Waals surface area contributed by atoms with Crippen LogP contribution in [0.15, 0.2) is 47.6 Å². The molecule has 0 spiro atoms. The molecule has 5 heteroatoms. The maximum atomic E-state index is 12.0. The molecular formula is C17H16FN3O. The lowest BCUT2D eigenvalue weighted by molar-refractivity contribution is 0.273. The predicted octanol–water partition coefficient (Wildman–Crippen LogP) is 3.23. The van der Waals surface area contributed by atoms with Crippen LogP contribution in [-0.2, 0) is 0 Å². The molecule has 22 heavy (non-hydrogen) atoms. The molecule has 0 aliphatic carbocycles. The van der Waals surface area contributed by atoms with Crippen LogP contribution in [0, 0.1) is 11.8 Å². The minimum absolute atomic E-state index is 0.0629. The van der Waals surface area contributed by atoms with Crippen LogP contribution in [0.5, 0.6) is 5.75 Å². The first-order valence-electron chi connectivity index (χ1n) is 6.78. The van der Waals surface area contributed by atoms with Gasteiger partial charge in [0, 0.05) is 7.05 Å². The van der Waals surface area contributed by atoms with E-state index in [0.29, 0.717) is 11.4 Å². The maximum absolute atomic E-state index is 12.0. The lowest BCUT2D eigenvalue weighted by atomic mass is 10.3. The lowest BCUT2D eigenvalue weighted by Crippen LogP contribution is -1.97. The number of halogens is 1. The van der Waals surface area contributed by atoms with Crippen LogP contribution in [0.25, 0.3) is 0 Å². The monoisotopic (exact) mass is 297 g/mol. The number of aromatic nitrogens is 1. The molecule has 112 valence electrons. The average Bonchev–Trinajstić information content (AvgIpc) is 2.58. The van der Waals surface area contributed by atoms with Crippen molar-refractivity contribution in [2.45, 2.75) is 0 Å². The third-order valence-electron chi connectivity index (χ3n) is 2.71. The van der Waals surface area contributed by atoms with Gasteiger partial charge >= 0.3 is 0 Å². The number of nitrogens with one attached hydrogen (secondary N) is 1. The molecule has 0 amide bonds. The van der Waals surface area contributed by atoms with Crippen LogP contribution in [0.4, 0.5) is 15.8 Å². The van der Waals surface area contributed by atoms with E-state index in [0.717, 1.165) is 11.4 Å². The molecule has 0 unspecified atom stereocenters. The van der Waals surface area contributed by atoms with Crippen LogP contribution < -0.4 is 10.1 Å². The summed E-state index contributed by atoms with van der Waals surface area (Å²) in [5, 5.41) is 2.99. The molecule has 4 nitrogen and oxygen atoms in total. The minimum atomic E-state index is -0.501. The Balaban J connectivity index is 1.93. The van der Waals surface area contributed by atoms with Crippen molar-refractivity contribution in [2.24, 2.45) is 4.99 Å². The molecule has 0 bridgehead atoms. The summed E-state index contributed by atoms with van der Waals surface area (Å²) in [4.78, 5) is 8.40. The number of pyridine rings is 1. The number of aliphatic imine (C=N–C) groups is 1. The van der Waals surface area contributed by atoms with Gasteiger partial charge in [-0.3, -0.25) is 0 Å². The van der Waals surface area contributed by atoms with E-state index in [1.807, 2.05) is 19.2 Å². The zero-order chi connectivity index (χ0) is 15.6. The van der Waals surface area contributed by atoms with Crippen molar-refractivity contribution in [2.75, 3.05) is 25.6 Å². The standard InChI is InChI=1S/C17H16FN3O/c1-19-16-5-4-14(21-13-16)3-2-11-20-15-6-8-17(9-7-15)22-12-10-18/h4-9,11,13,19H,10,12H2,1H3. The average molecular weight is 297 g/mol. The van der Waals surface area contributed by atoms with Gasteiger partial charge in [0.1, 0.15) is 24.7 Å². The highest BCUT2D eigenvalue weighted by Crippen LogP contribution is 2.17. The highest BCUT2D eigenvalue weighted by molar-refractivity contribution is 5.81. The fraction of sp³-hybridized carbons (Fsp3) is 0.176. The van der Waals surface area contributed by atoms with Crippen LogP contribution in [-0.4, -0.2) is 31.5 Å². The van der Waals surface area contributed by atoms with E-state index in [1.165, 1.54) is 6.21 Å². The van der Waals surface area contributed by atoms with Crippen molar-refractivity contribution >= 4 is 17.6 Å². The predicted molar refractivity (Wildman–Crippen MR) is 86.7 cm³/mol. The Kier molecular flexibility index (Phi) is 5.94. The van der Waals surface area contributed by atoms with Crippen molar-refractivity contribution in [1.82, 2.24) is 4.98 Å². The zero-order valence-electron chi connectivity index (χ0n) is 12.2.